The van der Waals surface area contributed by atoms with E-state index >= 15 is 0 Å². The Bertz CT molecular complexity index is 433. The molecule has 0 spiro atoms. The number of nitrogens with one attached hydrogen (secondary N) is 1. The lowest BCUT2D eigenvalue weighted by molar-refractivity contribution is 0.144. The fourth-order valence-electron chi connectivity index (χ4n) is 1.02. The smallest absolute Gasteiger partial charge is 0.278 e. The predicted octanol–water partition coefficient (Wildman–Crippen LogP) is 1.52. The third-order valence-corrected chi connectivity index (χ3v) is 1.60. The first kappa shape index (κ1) is 10.3. The van der Waals surface area contributed by atoms with Gasteiger partial charge in [-0.15, -0.1) is 0 Å². The second kappa shape index (κ2) is 3.96. The summed E-state index contributed by atoms with van der Waals surface area (Å²) in [5, 5.41) is 8.27. The molecule has 0 aromatic carbocycles. The van der Waals surface area contributed by atoms with Crippen molar-refractivity contribution in [3.63, 3.8) is 0 Å². The summed E-state index contributed by atoms with van der Waals surface area (Å²) in [6.45, 7) is 0. The van der Waals surface area contributed by atoms with Crippen LogP contribution in [0.4, 0.5) is 13.2 Å². The summed E-state index contributed by atoms with van der Waals surface area (Å²) in [4.78, 5) is 12.5. The van der Waals surface area contributed by atoms with Crippen molar-refractivity contribution in [1.29, 1.82) is 5.26 Å². The molecule has 1 heterocycles. The Hall–Kier alpha value is -1.77. The van der Waals surface area contributed by atoms with Gasteiger partial charge in [-0.25, -0.2) is 13.2 Å². The van der Waals surface area contributed by atoms with Gasteiger partial charge >= 0.3 is 0 Å². The number of alkyl halides is 2. The molecule has 0 atom stereocenters. The van der Waals surface area contributed by atoms with Crippen LogP contribution in [0.3, 0.4) is 0 Å². The fourth-order valence-corrected chi connectivity index (χ4v) is 1.02. The summed E-state index contributed by atoms with van der Waals surface area (Å²) in [5.74, 6) is -1.08. The van der Waals surface area contributed by atoms with Gasteiger partial charge < -0.3 is 4.98 Å². The summed E-state index contributed by atoms with van der Waals surface area (Å²) in [6, 6.07) is 2.08. The maximum Gasteiger partial charge on any atom is 0.278 e. The number of rotatable bonds is 2. The molecule has 1 aromatic rings. The summed E-state index contributed by atoms with van der Waals surface area (Å²) < 4.78 is 37.5. The van der Waals surface area contributed by atoms with Gasteiger partial charge in [-0.1, -0.05) is 0 Å². The highest BCUT2D eigenvalue weighted by atomic mass is 19.3. The fraction of sp³-hybridized carbons (Fsp3) is 0.250. The van der Waals surface area contributed by atoms with E-state index in [1.54, 1.807) is 11.1 Å². The van der Waals surface area contributed by atoms with Crippen molar-refractivity contribution in [2.45, 2.75) is 12.8 Å². The van der Waals surface area contributed by atoms with Crippen LogP contribution in [0.2, 0.25) is 0 Å². The Morgan fingerprint density at radius 3 is 2.71 bits per heavy atom. The lowest BCUT2D eigenvalue weighted by Crippen LogP contribution is -2.13. The minimum absolute atomic E-state index is 0.456. The number of pyridine rings is 1. The molecular formula is C8H5F3N2O. The van der Waals surface area contributed by atoms with E-state index in [9.17, 15) is 18.0 Å². The average Bonchev–Trinajstić information content (AvgIpc) is 2.09. The second-order valence-corrected chi connectivity index (χ2v) is 2.51. The molecule has 0 bridgehead atoms. The molecule has 0 fully saturated rings. The van der Waals surface area contributed by atoms with Gasteiger partial charge in [0.1, 0.15) is 5.82 Å². The third-order valence-electron chi connectivity index (χ3n) is 1.60. The van der Waals surface area contributed by atoms with Gasteiger partial charge in [0.2, 0.25) is 0 Å². The van der Waals surface area contributed by atoms with Crippen LogP contribution < -0.4 is 5.56 Å². The maximum absolute atomic E-state index is 13.0. The summed E-state index contributed by atoms with van der Waals surface area (Å²) >= 11 is 0. The Balaban J connectivity index is 3.38. The molecule has 0 aliphatic heterocycles. The van der Waals surface area contributed by atoms with Crippen molar-refractivity contribution in [2.75, 3.05) is 0 Å². The molecule has 1 N–H and O–H groups in total. The van der Waals surface area contributed by atoms with E-state index < -0.39 is 35.5 Å². The maximum atomic E-state index is 13.0. The molecule has 0 aliphatic rings. The van der Waals surface area contributed by atoms with E-state index in [0.717, 1.165) is 0 Å². The number of hydrogen-bond donors (Lipinski definition) is 1. The van der Waals surface area contributed by atoms with Crippen LogP contribution in [0.5, 0.6) is 0 Å². The quantitative estimate of drug-likeness (QED) is 0.790. The zero-order valence-electron chi connectivity index (χ0n) is 6.85. The Labute approximate surface area is 76.8 Å². The van der Waals surface area contributed by atoms with Gasteiger partial charge in [0.25, 0.3) is 12.0 Å². The van der Waals surface area contributed by atoms with Crippen molar-refractivity contribution < 1.29 is 13.2 Å². The molecule has 0 radical (unpaired) electrons. The standard InChI is InChI=1S/C8H5F3N2O/c9-5-3-6(14)13-7(8(10)11)4(5)1-2-12/h3,8H,1H2,(H,13,14). The number of halogens is 3. The first-order valence-electron chi connectivity index (χ1n) is 3.63. The number of aromatic amines is 1. The van der Waals surface area contributed by atoms with Crippen molar-refractivity contribution in [1.82, 2.24) is 4.98 Å². The molecular weight excluding hydrogens is 197 g/mol. The highest BCUT2D eigenvalue weighted by Gasteiger charge is 2.17. The van der Waals surface area contributed by atoms with Crippen molar-refractivity contribution in [3.05, 3.63) is 33.5 Å². The molecule has 0 unspecified atom stereocenters. The highest BCUT2D eigenvalue weighted by Crippen LogP contribution is 2.21. The third kappa shape index (κ3) is 1.93. The molecule has 0 saturated carbocycles. The summed E-state index contributed by atoms with van der Waals surface area (Å²) in [5.41, 5.74) is -2.22. The highest BCUT2D eigenvalue weighted by molar-refractivity contribution is 5.25. The van der Waals surface area contributed by atoms with E-state index in [-0.39, 0.29) is 0 Å². The zero-order valence-corrected chi connectivity index (χ0v) is 6.85. The SMILES string of the molecule is N#CCc1c(F)cc(=O)[nH]c1C(F)F. The second-order valence-electron chi connectivity index (χ2n) is 2.51. The van der Waals surface area contributed by atoms with Gasteiger partial charge in [-0.05, 0) is 0 Å². The van der Waals surface area contributed by atoms with E-state index in [1.165, 1.54) is 0 Å². The zero-order chi connectivity index (χ0) is 10.7. The normalized spacial score (nSPS) is 10.2. The number of nitrogens with zero attached hydrogens (tertiary/aromatic N) is 1. The van der Waals surface area contributed by atoms with E-state index in [4.69, 9.17) is 5.26 Å². The predicted molar refractivity (Wildman–Crippen MR) is 41.3 cm³/mol. The minimum Gasteiger partial charge on any atom is -0.321 e. The van der Waals surface area contributed by atoms with Crippen LogP contribution >= 0.6 is 0 Å². The number of aromatic nitrogens is 1. The van der Waals surface area contributed by atoms with Crippen LogP contribution in [0.15, 0.2) is 10.9 Å². The summed E-state index contributed by atoms with van der Waals surface area (Å²) in [6.07, 6.45) is -3.50. The lowest BCUT2D eigenvalue weighted by atomic mass is 10.1. The van der Waals surface area contributed by atoms with E-state index in [1.807, 2.05) is 0 Å². The van der Waals surface area contributed by atoms with Gasteiger partial charge in [-0.2, -0.15) is 5.26 Å². The molecule has 74 valence electrons. The van der Waals surface area contributed by atoms with Crippen LogP contribution in [-0.2, 0) is 6.42 Å². The van der Waals surface area contributed by atoms with Crippen LogP contribution in [-0.4, -0.2) is 4.98 Å². The molecule has 0 saturated heterocycles. The number of hydrogen-bond acceptors (Lipinski definition) is 2. The van der Waals surface area contributed by atoms with E-state index in [2.05, 4.69) is 0 Å². The Kier molecular flexibility index (Phi) is 2.92. The van der Waals surface area contributed by atoms with Gasteiger partial charge in [0, 0.05) is 11.6 Å². The van der Waals surface area contributed by atoms with Crippen LogP contribution in [0, 0.1) is 17.1 Å². The molecule has 3 nitrogen and oxygen atoms in total. The molecule has 14 heavy (non-hydrogen) atoms. The lowest BCUT2D eigenvalue weighted by Gasteiger charge is -2.05. The summed E-state index contributed by atoms with van der Waals surface area (Å²) in [7, 11) is 0. The molecule has 0 aliphatic carbocycles. The molecule has 0 amide bonds. The first-order valence-corrected chi connectivity index (χ1v) is 3.63. The topological polar surface area (TPSA) is 56.6 Å². The van der Waals surface area contributed by atoms with Gasteiger partial charge in [0.15, 0.2) is 0 Å². The van der Waals surface area contributed by atoms with Crippen molar-refractivity contribution in [3.8, 4) is 6.07 Å². The molecule has 6 heteroatoms. The largest absolute Gasteiger partial charge is 0.321 e. The van der Waals surface area contributed by atoms with Gasteiger partial charge in [-0.3, -0.25) is 4.79 Å². The minimum atomic E-state index is -3.00. The van der Waals surface area contributed by atoms with E-state index in [0.29, 0.717) is 6.07 Å². The average molecular weight is 202 g/mol. The molecule has 1 rings (SSSR count). The first-order chi connectivity index (χ1) is 6.56. The monoisotopic (exact) mass is 202 g/mol. The number of H-pyrrole nitrogens is 1. The van der Waals surface area contributed by atoms with Crippen molar-refractivity contribution in [2.24, 2.45) is 0 Å². The number of nitriles is 1. The molecule has 1 aromatic heterocycles. The van der Waals surface area contributed by atoms with Crippen LogP contribution in [0.25, 0.3) is 0 Å². The Morgan fingerprint density at radius 1 is 1.57 bits per heavy atom. The van der Waals surface area contributed by atoms with Crippen LogP contribution in [0.1, 0.15) is 17.7 Å². The van der Waals surface area contributed by atoms with Gasteiger partial charge in [0.05, 0.1) is 18.2 Å². The van der Waals surface area contributed by atoms with Crippen molar-refractivity contribution >= 4 is 0 Å². The Morgan fingerprint density at radius 2 is 2.21 bits per heavy atom.